The average molecular weight is 428 g/mol. The number of aromatic nitrogens is 4. The molecular weight excluding hydrogens is 402 g/mol. The Morgan fingerprint density at radius 3 is 2.78 bits per heavy atom. The Balaban J connectivity index is 1.63. The van der Waals surface area contributed by atoms with E-state index in [0.717, 1.165) is 34.9 Å². The van der Waals surface area contributed by atoms with Gasteiger partial charge in [-0.2, -0.15) is 0 Å². The second-order valence-corrected chi connectivity index (χ2v) is 8.17. The average Bonchev–Trinajstić information content (AvgIpc) is 3.13. The molecule has 0 fully saturated rings. The Kier molecular flexibility index (Phi) is 5.07. The van der Waals surface area contributed by atoms with E-state index in [9.17, 15) is 4.79 Å². The molecule has 1 aromatic carbocycles. The number of fused-ring (bicyclic) bond motifs is 2. The maximum Gasteiger partial charge on any atom is 0.252 e. The highest BCUT2D eigenvalue weighted by molar-refractivity contribution is 5.99. The third-order valence-corrected chi connectivity index (χ3v) is 5.83. The maximum absolute atomic E-state index is 11.9. The van der Waals surface area contributed by atoms with Gasteiger partial charge in [0.2, 0.25) is 0 Å². The normalized spacial score (nSPS) is 15.5. The molecule has 0 saturated carbocycles. The number of anilines is 1. The lowest BCUT2D eigenvalue weighted by Gasteiger charge is -2.25. The first kappa shape index (κ1) is 20.1. The van der Waals surface area contributed by atoms with Crippen molar-refractivity contribution in [3.8, 4) is 11.5 Å². The number of benzene rings is 1. The highest BCUT2D eigenvalue weighted by atomic mass is 16.1. The van der Waals surface area contributed by atoms with Gasteiger partial charge in [-0.25, -0.2) is 15.0 Å². The van der Waals surface area contributed by atoms with Crippen LogP contribution in [0, 0.1) is 6.92 Å². The predicted molar refractivity (Wildman–Crippen MR) is 123 cm³/mol. The Labute approximate surface area is 185 Å². The molecule has 0 saturated heterocycles. The van der Waals surface area contributed by atoms with E-state index in [2.05, 4.69) is 34.7 Å². The van der Waals surface area contributed by atoms with Gasteiger partial charge in [-0.1, -0.05) is 30.3 Å². The molecule has 1 amide bonds. The fourth-order valence-corrected chi connectivity index (χ4v) is 4.22. The van der Waals surface area contributed by atoms with Crippen molar-refractivity contribution in [2.24, 2.45) is 5.73 Å². The van der Waals surface area contributed by atoms with Crippen molar-refractivity contribution in [2.75, 3.05) is 5.32 Å². The summed E-state index contributed by atoms with van der Waals surface area (Å²) in [6.45, 7) is 5.41. The lowest BCUT2D eigenvalue weighted by Crippen LogP contribution is -2.34. The number of imidazole rings is 1. The lowest BCUT2D eigenvalue weighted by molar-refractivity contribution is 0.100. The summed E-state index contributed by atoms with van der Waals surface area (Å²) in [5.74, 6) is 0.895. The topological polar surface area (TPSA) is 110 Å². The summed E-state index contributed by atoms with van der Waals surface area (Å²) in [6, 6.07) is 14.1. The van der Waals surface area contributed by atoms with E-state index in [1.807, 2.05) is 35.7 Å². The van der Waals surface area contributed by atoms with Crippen molar-refractivity contribution in [1.29, 1.82) is 0 Å². The zero-order chi connectivity index (χ0) is 22.2. The van der Waals surface area contributed by atoms with Gasteiger partial charge in [-0.3, -0.25) is 9.20 Å². The van der Waals surface area contributed by atoms with E-state index in [4.69, 9.17) is 15.7 Å². The number of carbonyl (C=O) groups excluding carboxylic acids is 1. The van der Waals surface area contributed by atoms with Crippen LogP contribution in [0.3, 0.4) is 0 Å². The van der Waals surface area contributed by atoms with Crippen LogP contribution in [0.4, 0.5) is 5.82 Å². The molecule has 1 atom stereocenters. The standard InChI is InChI=1S/C24H25N7O/c1-14-11-18-19(13-26-14)29-23(30-22(18)27-12-16-7-4-3-5-8-16)20-15(2)28-24-17(21(25)32)9-6-10-31(20)24/h3-10,14,26H,11-13H2,1-2H3,(H2,25,32)(H,27,29,30). The van der Waals surface area contributed by atoms with Crippen LogP contribution in [-0.2, 0) is 19.5 Å². The third-order valence-electron chi connectivity index (χ3n) is 5.83. The summed E-state index contributed by atoms with van der Waals surface area (Å²) < 4.78 is 1.84. The minimum absolute atomic E-state index is 0.352. The Bertz CT molecular complexity index is 1310. The van der Waals surface area contributed by atoms with Crippen LogP contribution in [0.1, 0.15) is 39.8 Å². The highest BCUT2D eigenvalue weighted by Gasteiger charge is 2.24. The van der Waals surface area contributed by atoms with Gasteiger partial charge in [-0.05, 0) is 38.0 Å². The Hall–Kier alpha value is -3.78. The van der Waals surface area contributed by atoms with Crippen LogP contribution in [-0.4, -0.2) is 31.3 Å². The summed E-state index contributed by atoms with van der Waals surface area (Å²) in [6.07, 6.45) is 2.71. The molecular formula is C24H25N7O. The van der Waals surface area contributed by atoms with Crippen molar-refractivity contribution < 1.29 is 4.79 Å². The monoisotopic (exact) mass is 427 g/mol. The number of nitrogens with two attached hydrogens (primary N) is 1. The molecule has 0 aliphatic carbocycles. The van der Waals surface area contributed by atoms with Gasteiger partial charge in [0, 0.05) is 30.9 Å². The molecule has 8 nitrogen and oxygen atoms in total. The molecule has 8 heteroatoms. The number of aryl methyl sites for hydroxylation is 1. The Morgan fingerprint density at radius 1 is 1.19 bits per heavy atom. The van der Waals surface area contributed by atoms with Gasteiger partial charge in [0.15, 0.2) is 5.82 Å². The molecule has 162 valence electrons. The summed E-state index contributed by atoms with van der Waals surface area (Å²) in [7, 11) is 0. The number of nitrogens with one attached hydrogen (secondary N) is 2. The van der Waals surface area contributed by atoms with E-state index in [1.165, 1.54) is 5.56 Å². The highest BCUT2D eigenvalue weighted by Crippen LogP contribution is 2.29. The molecule has 1 aliphatic rings. The number of primary amides is 1. The summed E-state index contributed by atoms with van der Waals surface area (Å²) >= 11 is 0. The molecule has 0 spiro atoms. The fourth-order valence-electron chi connectivity index (χ4n) is 4.22. The number of nitrogens with zero attached hydrogens (tertiary/aromatic N) is 4. The minimum Gasteiger partial charge on any atom is -0.366 e. The molecule has 3 aromatic heterocycles. The summed E-state index contributed by atoms with van der Waals surface area (Å²) in [4.78, 5) is 26.3. The molecule has 1 unspecified atom stereocenters. The fraction of sp³-hybridized carbons (Fsp3) is 0.250. The van der Waals surface area contributed by atoms with Crippen molar-refractivity contribution in [2.45, 2.75) is 39.4 Å². The zero-order valence-electron chi connectivity index (χ0n) is 18.1. The number of rotatable bonds is 5. The molecule has 4 heterocycles. The number of pyridine rings is 1. The minimum atomic E-state index is -0.512. The second-order valence-electron chi connectivity index (χ2n) is 8.17. The first-order chi connectivity index (χ1) is 15.5. The second kappa shape index (κ2) is 8.05. The van der Waals surface area contributed by atoms with Crippen LogP contribution >= 0.6 is 0 Å². The van der Waals surface area contributed by atoms with Gasteiger partial charge < -0.3 is 16.4 Å². The van der Waals surface area contributed by atoms with E-state index < -0.39 is 5.91 Å². The molecule has 1 aliphatic heterocycles. The molecule has 4 aromatic rings. The number of carbonyl (C=O) groups is 1. The molecule has 5 rings (SSSR count). The Morgan fingerprint density at radius 2 is 2.00 bits per heavy atom. The van der Waals surface area contributed by atoms with Crippen LogP contribution in [0.25, 0.3) is 17.2 Å². The van der Waals surface area contributed by atoms with Gasteiger partial charge in [0.1, 0.15) is 17.2 Å². The van der Waals surface area contributed by atoms with Gasteiger partial charge in [-0.15, -0.1) is 0 Å². The SMILES string of the molecule is Cc1nc2c(C(N)=O)cccn2c1-c1nc2c(c(NCc3ccccc3)n1)CC(C)NC2. The van der Waals surface area contributed by atoms with Crippen molar-refractivity contribution in [3.63, 3.8) is 0 Å². The number of hydrogen-bond donors (Lipinski definition) is 3. The summed E-state index contributed by atoms with van der Waals surface area (Å²) in [5.41, 5.74) is 11.2. The molecule has 0 bridgehead atoms. The summed E-state index contributed by atoms with van der Waals surface area (Å²) in [5, 5.41) is 7.01. The molecule has 32 heavy (non-hydrogen) atoms. The van der Waals surface area contributed by atoms with E-state index in [-0.39, 0.29) is 0 Å². The maximum atomic E-state index is 11.9. The van der Waals surface area contributed by atoms with Gasteiger partial charge >= 0.3 is 0 Å². The van der Waals surface area contributed by atoms with Crippen molar-refractivity contribution in [3.05, 3.63) is 76.7 Å². The number of amides is 1. The smallest absolute Gasteiger partial charge is 0.252 e. The molecule has 0 radical (unpaired) electrons. The van der Waals surface area contributed by atoms with Crippen LogP contribution in [0.2, 0.25) is 0 Å². The van der Waals surface area contributed by atoms with E-state index >= 15 is 0 Å². The first-order valence-corrected chi connectivity index (χ1v) is 10.7. The molecule has 4 N–H and O–H groups in total. The van der Waals surface area contributed by atoms with Crippen molar-refractivity contribution >= 4 is 17.4 Å². The van der Waals surface area contributed by atoms with Crippen molar-refractivity contribution in [1.82, 2.24) is 24.7 Å². The number of hydrogen-bond acceptors (Lipinski definition) is 6. The third kappa shape index (κ3) is 3.58. The van der Waals surface area contributed by atoms with Gasteiger partial charge in [0.25, 0.3) is 5.91 Å². The van der Waals surface area contributed by atoms with Gasteiger partial charge in [0.05, 0.1) is 17.0 Å². The van der Waals surface area contributed by atoms with Crippen LogP contribution < -0.4 is 16.4 Å². The first-order valence-electron chi connectivity index (χ1n) is 10.7. The van der Waals surface area contributed by atoms with E-state index in [1.54, 1.807) is 12.1 Å². The van der Waals surface area contributed by atoms with Crippen LogP contribution in [0.15, 0.2) is 48.7 Å². The van der Waals surface area contributed by atoms with E-state index in [0.29, 0.717) is 36.2 Å². The zero-order valence-corrected chi connectivity index (χ0v) is 18.1. The predicted octanol–water partition coefficient (Wildman–Crippen LogP) is 2.84. The largest absolute Gasteiger partial charge is 0.366 e. The quantitative estimate of drug-likeness (QED) is 0.452. The van der Waals surface area contributed by atoms with Crippen LogP contribution in [0.5, 0.6) is 0 Å². The lowest BCUT2D eigenvalue weighted by atomic mass is 10.0.